The average Bonchev–Trinajstić information content (AvgIpc) is 2.76. The predicted octanol–water partition coefficient (Wildman–Crippen LogP) is 0.939. The lowest BCUT2D eigenvalue weighted by atomic mass is 9.90. The molecule has 0 unspecified atom stereocenters. The van der Waals surface area contributed by atoms with E-state index in [1.54, 1.807) is 0 Å². The normalized spacial score (nSPS) is 31.7. The van der Waals surface area contributed by atoms with E-state index in [1.165, 1.54) is 12.4 Å². The summed E-state index contributed by atoms with van der Waals surface area (Å²) in [5, 5.41) is 6.57. The van der Waals surface area contributed by atoms with Gasteiger partial charge < -0.3 is 15.4 Å². The zero-order valence-corrected chi connectivity index (χ0v) is 10.2. The smallest absolute Gasteiger partial charge is 0.223 e. The van der Waals surface area contributed by atoms with Gasteiger partial charge >= 0.3 is 0 Å². The molecule has 98 valence electrons. The van der Waals surface area contributed by atoms with Crippen molar-refractivity contribution in [3.63, 3.8) is 0 Å². The van der Waals surface area contributed by atoms with E-state index in [0.717, 1.165) is 32.4 Å². The minimum atomic E-state index is -0.420. The van der Waals surface area contributed by atoms with Crippen LogP contribution < -0.4 is 10.6 Å². The first-order valence-electron chi connectivity index (χ1n) is 6.35. The van der Waals surface area contributed by atoms with Crippen molar-refractivity contribution in [1.29, 1.82) is 0 Å². The molecule has 2 fully saturated rings. The van der Waals surface area contributed by atoms with Gasteiger partial charge in [0.1, 0.15) is 0 Å². The monoisotopic (exact) mass is 252 g/mol. The van der Waals surface area contributed by atoms with Crippen LogP contribution >= 0.6 is 0 Å². The van der Waals surface area contributed by atoms with Crippen LogP contribution in [0.15, 0.2) is 12.4 Å². The quantitative estimate of drug-likeness (QED) is 0.820. The lowest BCUT2D eigenvalue weighted by Gasteiger charge is -2.32. The maximum absolute atomic E-state index is 12.7. The van der Waals surface area contributed by atoms with E-state index in [2.05, 4.69) is 20.6 Å². The predicted molar refractivity (Wildman–Crippen MR) is 64.8 cm³/mol. The first-order chi connectivity index (χ1) is 8.76. The molecule has 1 spiro atoms. The first kappa shape index (κ1) is 11.8. The van der Waals surface area contributed by atoms with Gasteiger partial charge in [0.25, 0.3) is 0 Å². The third kappa shape index (κ3) is 2.44. The minimum Gasteiger partial charge on any atom is -0.371 e. The van der Waals surface area contributed by atoms with Crippen molar-refractivity contribution in [1.82, 2.24) is 15.3 Å². The first-order valence-corrected chi connectivity index (χ1v) is 6.35. The average molecular weight is 252 g/mol. The molecule has 1 aromatic rings. The summed E-state index contributed by atoms with van der Waals surface area (Å²) in [6, 6.07) is 0.204. The number of anilines is 1. The molecule has 0 saturated carbocycles. The Bertz CT molecular complexity index is 405. The van der Waals surface area contributed by atoms with Crippen LogP contribution in [-0.4, -0.2) is 41.3 Å². The molecule has 5 nitrogen and oxygen atoms in total. The summed E-state index contributed by atoms with van der Waals surface area (Å²) in [4.78, 5) is 7.81. The highest BCUT2D eigenvalue weighted by Crippen LogP contribution is 2.32. The maximum atomic E-state index is 12.7. The molecule has 18 heavy (non-hydrogen) atoms. The Morgan fingerprint density at radius 1 is 1.44 bits per heavy atom. The van der Waals surface area contributed by atoms with Crippen molar-refractivity contribution in [2.75, 3.05) is 25.0 Å². The summed E-state index contributed by atoms with van der Waals surface area (Å²) >= 11 is 0. The number of rotatable bonds is 2. The van der Waals surface area contributed by atoms with Gasteiger partial charge in [-0.2, -0.15) is 0 Å². The van der Waals surface area contributed by atoms with Gasteiger partial charge in [0.2, 0.25) is 5.95 Å². The van der Waals surface area contributed by atoms with Crippen LogP contribution in [0.1, 0.15) is 19.3 Å². The fourth-order valence-electron chi connectivity index (χ4n) is 2.74. The number of piperidine rings is 1. The third-order valence-electron chi connectivity index (χ3n) is 3.60. The molecule has 1 aromatic heterocycles. The van der Waals surface area contributed by atoms with Crippen LogP contribution in [-0.2, 0) is 4.74 Å². The second-order valence-corrected chi connectivity index (χ2v) is 5.04. The van der Waals surface area contributed by atoms with Crippen molar-refractivity contribution in [2.45, 2.75) is 30.9 Å². The second kappa shape index (κ2) is 4.78. The molecule has 2 atom stereocenters. The molecule has 3 heterocycles. The van der Waals surface area contributed by atoms with Crippen molar-refractivity contribution in [3.8, 4) is 0 Å². The zero-order valence-electron chi connectivity index (χ0n) is 10.2. The summed E-state index contributed by atoms with van der Waals surface area (Å²) < 4.78 is 18.6. The third-order valence-corrected chi connectivity index (χ3v) is 3.60. The molecular formula is C12H17FN4O. The molecule has 0 radical (unpaired) electrons. The SMILES string of the molecule is Fc1cnc(N[C@H]2CO[C@]3(CCCNC3)C2)nc1. The summed E-state index contributed by atoms with van der Waals surface area (Å²) in [5.74, 6) is 0.0435. The highest BCUT2D eigenvalue weighted by molar-refractivity contribution is 5.25. The van der Waals surface area contributed by atoms with Crippen molar-refractivity contribution in [3.05, 3.63) is 18.2 Å². The van der Waals surface area contributed by atoms with Crippen LogP contribution in [0, 0.1) is 5.82 Å². The van der Waals surface area contributed by atoms with Crippen molar-refractivity contribution < 1.29 is 9.13 Å². The van der Waals surface area contributed by atoms with Gasteiger partial charge in [-0.05, 0) is 19.4 Å². The Hall–Kier alpha value is -1.27. The van der Waals surface area contributed by atoms with E-state index < -0.39 is 5.82 Å². The topological polar surface area (TPSA) is 59.1 Å². The Kier molecular flexibility index (Phi) is 3.13. The Balaban J connectivity index is 1.60. The van der Waals surface area contributed by atoms with Crippen LogP contribution in [0.25, 0.3) is 0 Å². The fourth-order valence-corrected chi connectivity index (χ4v) is 2.74. The zero-order chi connectivity index (χ0) is 12.4. The van der Waals surface area contributed by atoms with E-state index in [4.69, 9.17) is 4.74 Å². The van der Waals surface area contributed by atoms with Gasteiger partial charge in [-0.1, -0.05) is 0 Å². The molecule has 0 bridgehead atoms. The van der Waals surface area contributed by atoms with Gasteiger partial charge in [-0.3, -0.25) is 0 Å². The number of aromatic nitrogens is 2. The van der Waals surface area contributed by atoms with E-state index in [0.29, 0.717) is 12.6 Å². The molecule has 6 heteroatoms. The molecule has 2 aliphatic rings. The molecular weight excluding hydrogens is 235 g/mol. The highest BCUT2D eigenvalue weighted by Gasteiger charge is 2.41. The van der Waals surface area contributed by atoms with E-state index in [9.17, 15) is 4.39 Å². The number of ether oxygens (including phenoxy) is 1. The number of nitrogens with zero attached hydrogens (tertiary/aromatic N) is 2. The highest BCUT2D eigenvalue weighted by atomic mass is 19.1. The number of halogens is 1. The van der Waals surface area contributed by atoms with Crippen LogP contribution in [0.2, 0.25) is 0 Å². The van der Waals surface area contributed by atoms with Gasteiger partial charge in [-0.25, -0.2) is 14.4 Å². The summed E-state index contributed by atoms with van der Waals surface area (Å²) in [5.41, 5.74) is -0.0318. The van der Waals surface area contributed by atoms with E-state index in [1.807, 2.05) is 0 Å². The molecule has 2 aliphatic heterocycles. The molecule has 0 aromatic carbocycles. The van der Waals surface area contributed by atoms with Gasteiger partial charge in [0.15, 0.2) is 5.82 Å². The fraction of sp³-hybridized carbons (Fsp3) is 0.667. The van der Waals surface area contributed by atoms with Gasteiger partial charge in [0, 0.05) is 13.0 Å². The standard InChI is InChI=1S/C12H17FN4O/c13-9-5-15-11(16-6-9)17-10-4-12(18-7-10)2-1-3-14-8-12/h5-6,10,14H,1-4,7-8H2,(H,15,16,17)/t10-,12-/m1/s1. The van der Waals surface area contributed by atoms with Gasteiger partial charge in [0.05, 0.1) is 30.6 Å². The summed E-state index contributed by atoms with van der Waals surface area (Å²) in [6.07, 6.45) is 5.54. The van der Waals surface area contributed by atoms with Crippen LogP contribution in [0.4, 0.5) is 10.3 Å². The lowest BCUT2D eigenvalue weighted by Crippen LogP contribution is -2.45. The molecule has 0 aliphatic carbocycles. The Morgan fingerprint density at radius 3 is 3.00 bits per heavy atom. The summed E-state index contributed by atoms with van der Waals surface area (Å²) in [7, 11) is 0. The molecule has 2 saturated heterocycles. The maximum Gasteiger partial charge on any atom is 0.223 e. The largest absolute Gasteiger partial charge is 0.371 e. The Labute approximate surface area is 105 Å². The molecule has 2 N–H and O–H groups in total. The number of hydrogen-bond acceptors (Lipinski definition) is 5. The van der Waals surface area contributed by atoms with Gasteiger partial charge in [-0.15, -0.1) is 0 Å². The molecule has 3 rings (SSSR count). The van der Waals surface area contributed by atoms with Crippen LogP contribution in [0.3, 0.4) is 0 Å². The number of nitrogens with one attached hydrogen (secondary N) is 2. The number of hydrogen-bond donors (Lipinski definition) is 2. The lowest BCUT2D eigenvalue weighted by molar-refractivity contribution is -0.0138. The molecule has 0 amide bonds. The van der Waals surface area contributed by atoms with E-state index >= 15 is 0 Å². The second-order valence-electron chi connectivity index (χ2n) is 5.04. The Morgan fingerprint density at radius 2 is 2.28 bits per heavy atom. The minimum absolute atomic E-state index is 0.0318. The van der Waals surface area contributed by atoms with Crippen molar-refractivity contribution in [2.24, 2.45) is 0 Å². The van der Waals surface area contributed by atoms with Crippen LogP contribution in [0.5, 0.6) is 0 Å². The van der Waals surface area contributed by atoms with E-state index in [-0.39, 0.29) is 11.6 Å². The summed E-state index contributed by atoms with van der Waals surface area (Å²) in [6.45, 7) is 2.64. The van der Waals surface area contributed by atoms with Crippen molar-refractivity contribution >= 4 is 5.95 Å².